The van der Waals surface area contributed by atoms with Crippen LogP contribution in [-0.2, 0) is 17.8 Å². The second-order valence-electron chi connectivity index (χ2n) is 6.50. The maximum absolute atomic E-state index is 12.9. The highest BCUT2D eigenvalue weighted by atomic mass is 79.9. The van der Waals surface area contributed by atoms with Crippen LogP contribution in [0.1, 0.15) is 33.5 Å². The molecule has 0 bridgehead atoms. The number of carboxylic acid groups (broad SMARTS) is 1. The largest absolute Gasteiger partial charge is 0.506 e. The van der Waals surface area contributed by atoms with E-state index in [0.29, 0.717) is 30.7 Å². The van der Waals surface area contributed by atoms with Crippen molar-refractivity contribution in [3.63, 3.8) is 0 Å². The molecule has 0 atom stereocenters. The van der Waals surface area contributed by atoms with Crippen molar-refractivity contribution in [3.05, 3.63) is 72.9 Å². The van der Waals surface area contributed by atoms with Gasteiger partial charge in [0, 0.05) is 34.3 Å². The van der Waals surface area contributed by atoms with Gasteiger partial charge in [-0.3, -0.25) is 14.3 Å². The highest BCUT2D eigenvalue weighted by Gasteiger charge is 2.18. The predicted octanol–water partition coefficient (Wildman–Crippen LogP) is 4.77. The zero-order chi connectivity index (χ0) is 22.0. The molecule has 3 N–H and O–H groups in total. The topological polar surface area (TPSA) is 113 Å². The van der Waals surface area contributed by atoms with Gasteiger partial charge in [0.1, 0.15) is 11.5 Å². The van der Waals surface area contributed by atoms with Gasteiger partial charge in [-0.05, 0) is 56.1 Å². The van der Waals surface area contributed by atoms with Crippen LogP contribution in [0.25, 0.3) is 0 Å². The lowest BCUT2D eigenvalue weighted by atomic mass is 9.98. The second kappa shape index (κ2) is 9.20. The summed E-state index contributed by atoms with van der Waals surface area (Å²) in [6.07, 6.45) is 2.87. The smallest absolute Gasteiger partial charge is 0.305 e. The van der Waals surface area contributed by atoms with E-state index in [4.69, 9.17) is 16.7 Å². The number of aryl methyl sites for hydroxylation is 1. The number of aromatic nitrogens is 2. The number of phenolic OH excluding ortho intramolecular Hbond substituents is 2. The van der Waals surface area contributed by atoms with Gasteiger partial charge in [-0.2, -0.15) is 5.10 Å². The minimum absolute atomic E-state index is 0.00800. The number of aliphatic carboxylic acids is 1. The minimum Gasteiger partial charge on any atom is -0.506 e. The van der Waals surface area contributed by atoms with E-state index in [2.05, 4.69) is 37.0 Å². The molecule has 1 aromatic heterocycles. The number of hydrogen-bond donors (Lipinski definition) is 3. The molecular weight excluding hydrogens is 543 g/mol. The lowest BCUT2D eigenvalue weighted by Crippen LogP contribution is -2.05. The van der Waals surface area contributed by atoms with Crippen LogP contribution in [-0.4, -0.2) is 36.9 Å². The van der Waals surface area contributed by atoms with E-state index >= 15 is 0 Å². The Morgan fingerprint density at radius 3 is 2.30 bits per heavy atom. The van der Waals surface area contributed by atoms with Crippen molar-refractivity contribution in [1.29, 1.82) is 0 Å². The van der Waals surface area contributed by atoms with Crippen LogP contribution in [0.4, 0.5) is 0 Å². The van der Waals surface area contributed by atoms with Gasteiger partial charge in [-0.25, -0.2) is 0 Å². The van der Waals surface area contributed by atoms with E-state index in [1.165, 1.54) is 29.2 Å². The summed E-state index contributed by atoms with van der Waals surface area (Å²) in [5, 5.41) is 33.9. The van der Waals surface area contributed by atoms with Crippen LogP contribution in [0.3, 0.4) is 0 Å². The van der Waals surface area contributed by atoms with Crippen LogP contribution >= 0.6 is 43.5 Å². The van der Waals surface area contributed by atoms with Crippen molar-refractivity contribution in [2.24, 2.45) is 0 Å². The minimum atomic E-state index is -0.957. The average molecular weight is 559 g/mol. The highest BCUT2D eigenvalue weighted by Crippen LogP contribution is 2.37. The summed E-state index contributed by atoms with van der Waals surface area (Å²) in [6, 6.07) is 6.16. The molecule has 0 aliphatic carbocycles. The fourth-order valence-electron chi connectivity index (χ4n) is 2.86. The van der Waals surface area contributed by atoms with E-state index in [9.17, 15) is 19.8 Å². The third kappa shape index (κ3) is 5.03. The Bertz CT molecular complexity index is 1150. The maximum atomic E-state index is 12.9. The molecule has 2 aromatic carbocycles. The zero-order valence-electron chi connectivity index (χ0n) is 15.3. The van der Waals surface area contributed by atoms with Gasteiger partial charge in [-0.15, -0.1) is 0 Å². The van der Waals surface area contributed by atoms with Crippen LogP contribution in [0.2, 0.25) is 5.02 Å². The molecule has 0 saturated heterocycles. The summed E-state index contributed by atoms with van der Waals surface area (Å²) in [4.78, 5) is 23.6. The van der Waals surface area contributed by atoms with Gasteiger partial charge >= 0.3 is 5.97 Å². The van der Waals surface area contributed by atoms with E-state index < -0.39 is 5.97 Å². The van der Waals surface area contributed by atoms with Crippen molar-refractivity contribution in [3.8, 4) is 11.5 Å². The molecule has 7 nitrogen and oxygen atoms in total. The number of benzene rings is 2. The van der Waals surface area contributed by atoms with E-state index in [1.54, 1.807) is 12.1 Å². The highest BCUT2D eigenvalue weighted by molar-refractivity contribution is 9.10. The Hall–Kier alpha value is -2.36. The number of nitrogens with zero attached hydrogens (tertiary/aromatic N) is 2. The summed E-state index contributed by atoms with van der Waals surface area (Å²) in [7, 11) is 0. The molecule has 0 fully saturated rings. The quantitative estimate of drug-likeness (QED) is 0.360. The van der Waals surface area contributed by atoms with Crippen molar-refractivity contribution in [2.75, 3.05) is 0 Å². The van der Waals surface area contributed by atoms with Crippen LogP contribution in [0.5, 0.6) is 11.5 Å². The first kappa shape index (κ1) is 22.3. The molecule has 156 valence electrons. The fraction of sp³-hybridized carbons (Fsp3) is 0.150. The summed E-state index contributed by atoms with van der Waals surface area (Å²) in [6.45, 7) is 0.149. The molecule has 30 heavy (non-hydrogen) atoms. The van der Waals surface area contributed by atoms with Gasteiger partial charge in [0.05, 0.1) is 33.7 Å². The average Bonchev–Trinajstić information content (AvgIpc) is 3.15. The van der Waals surface area contributed by atoms with E-state index in [0.717, 1.165) is 0 Å². The molecule has 0 aliphatic rings. The normalized spacial score (nSPS) is 10.9. The lowest BCUT2D eigenvalue weighted by Gasteiger charge is -2.12. The van der Waals surface area contributed by atoms with E-state index in [-0.39, 0.29) is 42.2 Å². The molecule has 0 saturated carbocycles. The first-order valence-electron chi connectivity index (χ1n) is 8.63. The number of aromatic hydroxyl groups is 2. The number of carbonyl (C=O) groups excluding carboxylic acids is 1. The van der Waals surface area contributed by atoms with Crippen molar-refractivity contribution in [1.82, 2.24) is 9.78 Å². The van der Waals surface area contributed by atoms with Gasteiger partial charge < -0.3 is 15.3 Å². The number of carbonyl (C=O) groups is 2. The maximum Gasteiger partial charge on any atom is 0.305 e. The number of carboxylic acids is 1. The number of halogens is 3. The third-order valence-corrected chi connectivity index (χ3v) is 5.77. The molecule has 0 aliphatic heterocycles. The monoisotopic (exact) mass is 556 g/mol. The summed E-state index contributed by atoms with van der Waals surface area (Å²) < 4.78 is 2.13. The fourth-order valence-corrected chi connectivity index (χ4v) is 4.24. The lowest BCUT2D eigenvalue weighted by molar-refractivity contribution is -0.137. The summed E-state index contributed by atoms with van der Waals surface area (Å²) in [5.74, 6) is -1.36. The predicted molar refractivity (Wildman–Crippen MR) is 117 cm³/mol. The van der Waals surface area contributed by atoms with Gasteiger partial charge in [0.2, 0.25) is 0 Å². The summed E-state index contributed by atoms with van der Waals surface area (Å²) in [5.41, 5.74) is 1.48. The molecule has 1 heterocycles. The summed E-state index contributed by atoms with van der Waals surface area (Å²) >= 11 is 12.5. The van der Waals surface area contributed by atoms with Crippen molar-refractivity contribution >= 4 is 55.2 Å². The molecule has 3 aromatic rings. The number of ketones is 1. The van der Waals surface area contributed by atoms with Crippen LogP contribution in [0.15, 0.2) is 45.6 Å². The Balaban J connectivity index is 1.92. The first-order chi connectivity index (χ1) is 14.2. The molecule has 10 heteroatoms. The Morgan fingerprint density at radius 2 is 1.63 bits per heavy atom. The standard InChI is InChI=1S/C20H15Br2ClN2O5/c21-15-6-12(18(28)13-8-24-25(9-13)2-1-17(26)27)4-10(19(15)29)3-11-5-14(23)7-16(22)20(11)30/h4-9,29-30H,1-3H2,(H,26,27). The Kier molecular flexibility index (Phi) is 6.84. The molecule has 0 radical (unpaired) electrons. The molecule has 0 spiro atoms. The number of rotatable bonds is 7. The first-order valence-corrected chi connectivity index (χ1v) is 10.6. The van der Waals surface area contributed by atoms with Crippen LogP contribution in [0, 0.1) is 0 Å². The Labute approximate surface area is 193 Å². The van der Waals surface area contributed by atoms with Gasteiger partial charge in [0.15, 0.2) is 5.78 Å². The molecule has 3 rings (SSSR count). The van der Waals surface area contributed by atoms with Crippen LogP contribution < -0.4 is 0 Å². The van der Waals surface area contributed by atoms with Crippen molar-refractivity contribution in [2.45, 2.75) is 19.4 Å². The second-order valence-corrected chi connectivity index (χ2v) is 8.65. The van der Waals surface area contributed by atoms with Gasteiger partial charge in [-0.1, -0.05) is 11.6 Å². The molecule has 0 amide bonds. The third-order valence-electron chi connectivity index (χ3n) is 4.34. The SMILES string of the molecule is O=C(O)CCn1cc(C(=O)c2cc(Br)c(O)c(Cc3cc(Cl)cc(Br)c3O)c2)cn1. The van der Waals surface area contributed by atoms with Crippen molar-refractivity contribution < 1.29 is 24.9 Å². The van der Waals surface area contributed by atoms with E-state index in [1.807, 2.05) is 0 Å². The zero-order valence-corrected chi connectivity index (χ0v) is 19.2. The van der Waals surface area contributed by atoms with Gasteiger partial charge in [0.25, 0.3) is 0 Å². The molecular formula is C20H15Br2ClN2O5. The molecule has 0 unspecified atom stereocenters. The number of hydrogen-bond acceptors (Lipinski definition) is 5. The number of phenols is 2. The Morgan fingerprint density at radius 1 is 1.00 bits per heavy atom.